The number of nitrogens with one attached hydrogen (secondary N) is 1. The lowest BCUT2D eigenvalue weighted by Crippen LogP contribution is -2.56. The zero-order valence-electron chi connectivity index (χ0n) is 13.5. The average molecular weight is 255 g/mol. The van der Waals surface area contributed by atoms with E-state index in [-0.39, 0.29) is 5.54 Å². The van der Waals surface area contributed by atoms with Gasteiger partial charge in [0.15, 0.2) is 0 Å². The molecule has 3 atom stereocenters. The minimum atomic E-state index is 0.224. The highest BCUT2D eigenvalue weighted by Crippen LogP contribution is 2.18. The third kappa shape index (κ3) is 4.87. The molecule has 1 rings (SSSR count). The molecule has 0 spiro atoms. The Balaban J connectivity index is 2.45. The molecule has 0 radical (unpaired) electrons. The predicted molar refractivity (Wildman–Crippen MR) is 80.0 cm³/mol. The number of hydrogen-bond donors (Lipinski definition) is 1. The van der Waals surface area contributed by atoms with Crippen LogP contribution in [0.5, 0.6) is 0 Å². The zero-order chi connectivity index (χ0) is 13.9. The molecule has 0 amide bonds. The van der Waals surface area contributed by atoms with Crippen LogP contribution in [0.1, 0.15) is 41.5 Å². The molecule has 1 fully saturated rings. The second-order valence-electron chi connectivity index (χ2n) is 7.20. The highest BCUT2D eigenvalue weighted by Gasteiger charge is 2.28. The molecule has 1 heterocycles. The smallest absolute Gasteiger partial charge is 0.0198 e. The van der Waals surface area contributed by atoms with E-state index in [4.69, 9.17) is 0 Å². The topological polar surface area (TPSA) is 18.5 Å². The van der Waals surface area contributed by atoms with Gasteiger partial charge in [-0.1, -0.05) is 6.92 Å². The van der Waals surface area contributed by atoms with Gasteiger partial charge in [0, 0.05) is 37.3 Å². The second kappa shape index (κ2) is 6.36. The monoisotopic (exact) mass is 255 g/mol. The average Bonchev–Trinajstić information content (AvgIpc) is 2.24. The van der Waals surface area contributed by atoms with Crippen molar-refractivity contribution in [2.75, 3.05) is 33.2 Å². The summed E-state index contributed by atoms with van der Waals surface area (Å²) in [5, 5.41) is 3.63. The SMILES string of the molecule is CC(CNC(C)(C)C)C(C)N1CCN(C)CC1C. The molecule has 0 aromatic heterocycles. The van der Waals surface area contributed by atoms with Crippen molar-refractivity contribution in [2.45, 2.75) is 59.2 Å². The summed E-state index contributed by atoms with van der Waals surface area (Å²) in [5.41, 5.74) is 0.224. The first-order valence-corrected chi connectivity index (χ1v) is 7.40. The van der Waals surface area contributed by atoms with E-state index in [0.29, 0.717) is 18.0 Å². The van der Waals surface area contributed by atoms with Crippen molar-refractivity contribution in [1.29, 1.82) is 0 Å². The summed E-state index contributed by atoms with van der Waals surface area (Å²) in [7, 11) is 2.23. The maximum atomic E-state index is 3.63. The van der Waals surface area contributed by atoms with Crippen LogP contribution in [0.4, 0.5) is 0 Å². The van der Waals surface area contributed by atoms with Gasteiger partial charge in [-0.15, -0.1) is 0 Å². The van der Waals surface area contributed by atoms with E-state index in [2.05, 4.69) is 63.7 Å². The maximum Gasteiger partial charge on any atom is 0.0198 e. The fraction of sp³-hybridized carbons (Fsp3) is 1.00. The molecule has 18 heavy (non-hydrogen) atoms. The van der Waals surface area contributed by atoms with Crippen molar-refractivity contribution < 1.29 is 0 Å². The van der Waals surface area contributed by atoms with Gasteiger partial charge in [-0.3, -0.25) is 4.90 Å². The summed E-state index contributed by atoms with van der Waals surface area (Å²) in [4.78, 5) is 5.11. The number of likely N-dealkylation sites (N-methyl/N-ethyl adjacent to an activating group) is 1. The number of rotatable bonds is 4. The Morgan fingerprint density at radius 3 is 2.33 bits per heavy atom. The van der Waals surface area contributed by atoms with Gasteiger partial charge in [-0.05, 0) is 54.1 Å². The van der Waals surface area contributed by atoms with Gasteiger partial charge in [-0.25, -0.2) is 0 Å². The number of nitrogens with zero attached hydrogens (tertiary/aromatic N) is 2. The van der Waals surface area contributed by atoms with Crippen LogP contribution in [-0.2, 0) is 0 Å². The lowest BCUT2D eigenvalue weighted by Gasteiger charge is -2.44. The van der Waals surface area contributed by atoms with Crippen LogP contribution < -0.4 is 5.32 Å². The lowest BCUT2D eigenvalue weighted by molar-refractivity contribution is 0.0459. The first-order valence-electron chi connectivity index (χ1n) is 7.40. The molecule has 1 saturated heterocycles. The number of piperazine rings is 1. The predicted octanol–water partition coefficient (Wildman–Crippen LogP) is 2.04. The Kier molecular flexibility index (Phi) is 5.63. The molecule has 3 unspecified atom stereocenters. The standard InChI is InChI=1S/C15H33N3/c1-12(10-16-15(4,5)6)14(3)18-9-8-17(7)11-13(18)2/h12-14,16H,8-11H2,1-7H3. The van der Waals surface area contributed by atoms with Crippen molar-refractivity contribution in [1.82, 2.24) is 15.1 Å². The quantitative estimate of drug-likeness (QED) is 0.829. The summed E-state index contributed by atoms with van der Waals surface area (Å²) in [5.74, 6) is 0.690. The van der Waals surface area contributed by atoms with Crippen molar-refractivity contribution in [3.8, 4) is 0 Å². The third-order valence-electron chi connectivity index (χ3n) is 4.18. The van der Waals surface area contributed by atoms with Crippen LogP contribution in [0.3, 0.4) is 0 Å². The van der Waals surface area contributed by atoms with Gasteiger partial charge >= 0.3 is 0 Å². The summed E-state index contributed by atoms with van der Waals surface area (Å²) < 4.78 is 0. The van der Waals surface area contributed by atoms with Crippen LogP contribution in [-0.4, -0.2) is 60.6 Å². The van der Waals surface area contributed by atoms with E-state index in [1.54, 1.807) is 0 Å². The third-order valence-corrected chi connectivity index (χ3v) is 4.18. The molecule has 0 saturated carbocycles. The highest BCUT2D eigenvalue weighted by molar-refractivity contribution is 4.85. The van der Waals surface area contributed by atoms with Crippen LogP contribution in [0.25, 0.3) is 0 Å². The van der Waals surface area contributed by atoms with E-state index in [0.717, 1.165) is 6.54 Å². The van der Waals surface area contributed by atoms with E-state index < -0.39 is 0 Å². The molecular formula is C15H33N3. The molecule has 3 heteroatoms. The normalized spacial score (nSPS) is 27.2. The van der Waals surface area contributed by atoms with Crippen LogP contribution in [0.15, 0.2) is 0 Å². The molecule has 0 aromatic rings. The van der Waals surface area contributed by atoms with Crippen molar-refractivity contribution in [3.05, 3.63) is 0 Å². The Labute approximate surface area is 114 Å². The van der Waals surface area contributed by atoms with Gasteiger partial charge in [0.25, 0.3) is 0 Å². The summed E-state index contributed by atoms with van der Waals surface area (Å²) >= 11 is 0. The minimum Gasteiger partial charge on any atom is -0.312 e. The summed E-state index contributed by atoms with van der Waals surface area (Å²) in [6, 6.07) is 1.33. The Morgan fingerprint density at radius 1 is 1.22 bits per heavy atom. The first kappa shape index (κ1) is 15.9. The van der Waals surface area contributed by atoms with Crippen LogP contribution in [0, 0.1) is 5.92 Å². The fourth-order valence-corrected chi connectivity index (χ4v) is 2.72. The van der Waals surface area contributed by atoms with Gasteiger partial charge in [0.05, 0.1) is 0 Å². The molecular weight excluding hydrogens is 222 g/mol. The molecule has 0 aromatic carbocycles. The lowest BCUT2D eigenvalue weighted by atomic mass is 9.97. The fourth-order valence-electron chi connectivity index (χ4n) is 2.72. The molecule has 1 aliphatic heterocycles. The van der Waals surface area contributed by atoms with E-state index in [9.17, 15) is 0 Å². The Hall–Kier alpha value is -0.120. The molecule has 108 valence electrons. The summed E-state index contributed by atoms with van der Waals surface area (Å²) in [6.07, 6.45) is 0. The zero-order valence-corrected chi connectivity index (χ0v) is 13.5. The van der Waals surface area contributed by atoms with E-state index >= 15 is 0 Å². The maximum absolute atomic E-state index is 3.63. The summed E-state index contributed by atoms with van der Waals surface area (Å²) in [6.45, 7) is 18.5. The van der Waals surface area contributed by atoms with Crippen molar-refractivity contribution in [3.63, 3.8) is 0 Å². The van der Waals surface area contributed by atoms with E-state index in [1.165, 1.54) is 19.6 Å². The molecule has 0 aliphatic carbocycles. The molecule has 1 N–H and O–H groups in total. The van der Waals surface area contributed by atoms with Gasteiger partial charge in [0.1, 0.15) is 0 Å². The first-order chi connectivity index (χ1) is 8.20. The van der Waals surface area contributed by atoms with Crippen molar-refractivity contribution >= 4 is 0 Å². The highest BCUT2D eigenvalue weighted by atomic mass is 15.3. The Bertz CT molecular complexity index is 247. The van der Waals surface area contributed by atoms with Crippen LogP contribution >= 0.6 is 0 Å². The molecule has 3 nitrogen and oxygen atoms in total. The number of hydrogen-bond acceptors (Lipinski definition) is 3. The van der Waals surface area contributed by atoms with Gasteiger partial charge in [-0.2, -0.15) is 0 Å². The largest absolute Gasteiger partial charge is 0.312 e. The minimum absolute atomic E-state index is 0.224. The Morgan fingerprint density at radius 2 is 1.83 bits per heavy atom. The molecule has 0 bridgehead atoms. The van der Waals surface area contributed by atoms with Crippen LogP contribution in [0.2, 0.25) is 0 Å². The van der Waals surface area contributed by atoms with Gasteiger partial charge < -0.3 is 10.2 Å². The second-order valence-corrected chi connectivity index (χ2v) is 7.20. The van der Waals surface area contributed by atoms with Gasteiger partial charge in [0.2, 0.25) is 0 Å². The van der Waals surface area contributed by atoms with Crippen molar-refractivity contribution in [2.24, 2.45) is 5.92 Å². The van der Waals surface area contributed by atoms with E-state index in [1.807, 2.05) is 0 Å². The molecule has 1 aliphatic rings.